The van der Waals surface area contributed by atoms with E-state index < -0.39 is 0 Å². The second-order valence-electron chi connectivity index (χ2n) is 4.96. The average molecular weight is 358 g/mol. The summed E-state index contributed by atoms with van der Waals surface area (Å²) in [5, 5.41) is 7.49. The maximum Gasteiger partial charge on any atom is 0.261 e. The molecule has 0 saturated heterocycles. The Morgan fingerprint density at radius 1 is 1.09 bits per heavy atom. The third-order valence-electron chi connectivity index (χ3n) is 3.56. The number of rotatable bonds is 3. The molecule has 3 N–H and O–H groups in total. The quantitative estimate of drug-likeness (QED) is 0.502. The van der Waals surface area contributed by atoms with Crippen LogP contribution in [0, 0.1) is 5.41 Å². The molecule has 0 radical (unpaired) electrons. The molecule has 110 valence electrons. The van der Waals surface area contributed by atoms with Gasteiger partial charge in [0.2, 0.25) is 0 Å². The number of nitrogens with zero attached hydrogens (tertiary/aromatic N) is 1. The zero-order valence-electron chi connectivity index (χ0n) is 11.5. The molecule has 5 nitrogen and oxygen atoms in total. The minimum atomic E-state index is -0.305. The molecule has 0 unspecified atom stereocenters. The van der Waals surface area contributed by atoms with Crippen molar-refractivity contribution in [2.24, 2.45) is 5.73 Å². The topological polar surface area (TPSA) is 87.2 Å². The summed E-state index contributed by atoms with van der Waals surface area (Å²) in [5.74, 6) is -0.669. The number of nitrogens with one attached hydrogen (secondary N) is 1. The molecule has 1 aliphatic rings. The van der Waals surface area contributed by atoms with E-state index in [1.165, 1.54) is 4.90 Å². The van der Waals surface area contributed by atoms with Gasteiger partial charge in [-0.3, -0.25) is 19.9 Å². The average Bonchev–Trinajstić information content (AvgIpc) is 2.74. The third-order valence-corrected chi connectivity index (χ3v) is 4.34. The molecule has 3 rings (SSSR count). The smallest absolute Gasteiger partial charge is 0.261 e. The molecule has 0 aromatic heterocycles. The number of fused-ring (bicyclic) bond motifs is 1. The number of halogens is 1. The van der Waals surface area contributed by atoms with Crippen LogP contribution in [0.2, 0.25) is 0 Å². The van der Waals surface area contributed by atoms with Gasteiger partial charge in [-0.2, -0.15) is 0 Å². The van der Waals surface area contributed by atoms with Gasteiger partial charge in [0.15, 0.2) is 0 Å². The predicted octanol–water partition coefficient (Wildman–Crippen LogP) is 2.53. The maximum atomic E-state index is 12.4. The first-order valence-corrected chi connectivity index (χ1v) is 7.36. The van der Waals surface area contributed by atoms with Gasteiger partial charge in [-0.05, 0) is 29.8 Å². The lowest BCUT2D eigenvalue weighted by molar-refractivity contribution is 0.0642. The summed E-state index contributed by atoms with van der Waals surface area (Å²) < 4.78 is 0.758. The summed E-state index contributed by atoms with van der Waals surface area (Å²) in [4.78, 5) is 25.9. The zero-order chi connectivity index (χ0) is 15.9. The van der Waals surface area contributed by atoms with Crippen LogP contribution in [0.1, 0.15) is 31.8 Å². The Hall–Kier alpha value is -2.47. The number of hydrogen-bond acceptors (Lipinski definition) is 3. The number of amides is 2. The Morgan fingerprint density at radius 3 is 2.23 bits per heavy atom. The van der Waals surface area contributed by atoms with Crippen LogP contribution in [0.5, 0.6) is 0 Å². The summed E-state index contributed by atoms with van der Waals surface area (Å²) in [5.41, 5.74) is 7.61. The molecule has 22 heavy (non-hydrogen) atoms. The standard InChI is InChI=1S/C16H12BrN3O2/c17-13-6-5-9(14(18)19)7-10(13)8-20-15(21)11-3-1-2-4-12(11)16(20)22/h1-7H,8H2,(H3,18,19). The van der Waals surface area contributed by atoms with E-state index in [4.69, 9.17) is 11.1 Å². The minimum absolute atomic E-state index is 0.0592. The highest BCUT2D eigenvalue weighted by atomic mass is 79.9. The van der Waals surface area contributed by atoms with Crippen molar-refractivity contribution >= 4 is 33.6 Å². The lowest BCUT2D eigenvalue weighted by Crippen LogP contribution is -2.29. The molecule has 0 saturated carbocycles. The van der Waals surface area contributed by atoms with E-state index in [1.54, 1.807) is 42.5 Å². The van der Waals surface area contributed by atoms with Gasteiger partial charge >= 0.3 is 0 Å². The minimum Gasteiger partial charge on any atom is -0.384 e. The summed E-state index contributed by atoms with van der Waals surface area (Å²) in [6.07, 6.45) is 0. The monoisotopic (exact) mass is 357 g/mol. The van der Waals surface area contributed by atoms with Crippen molar-refractivity contribution in [3.63, 3.8) is 0 Å². The lowest BCUT2D eigenvalue weighted by Gasteiger charge is -2.15. The molecular formula is C16H12BrN3O2. The number of carbonyl (C=O) groups is 2. The molecule has 0 atom stereocenters. The number of carbonyl (C=O) groups excluding carboxylic acids is 2. The van der Waals surface area contributed by atoms with Gasteiger partial charge in [-0.25, -0.2) is 0 Å². The highest BCUT2D eigenvalue weighted by Gasteiger charge is 2.35. The molecule has 1 aliphatic heterocycles. The summed E-state index contributed by atoms with van der Waals surface area (Å²) in [6, 6.07) is 11.9. The zero-order valence-corrected chi connectivity index (χ0v) is 13.1. The van der Waals surface area contributed by atoms with E-state index in [0.29, 0.717) is 16.7 Å². The van der Waals surface area contributed by atoms with Gasteiger partial charge in [-0.1, -0.05) is 34.1 Å². The lowest BCUT2D eigenvalue weighted by atomic mass is 10.1. The van der Waals surface area contributed by atoms with Crippen LogP contribution in [0.25, 0.3) is 0 Å². The number of nitrogen functional groups attached to an aromatic ring is 1. The van der Waals surface area contributed by atoms with Crippen molar-refractivity contribution < 1.29 is 9.59 Å². The van der Waals surface area contributed by atoms with Crippen LogP contribution in [0.4, 0.5) is 0 Å². The summed E-state index contributed by atoms with van der Waals surface area (Å²) in [7, 11) is 0. The van der Waals surface area contributed by atoms with E-state index in [2.05, 4.69) is 15.9 Å². The van der Waals surface area contributed by atoms with Crippen LogP contribution < -0.4 is 5.73 Å². The van der Waals surface area contributed by atoms with E-state index >= 15 is 0 Å². The Balaban J connectivity index is 1.95. The van der Waals surface area contributed by atoms with Gasteiger partial charge < -0.3 is 5.73 Å². The van der Waals surface area contributed by atoms with Crippen LogP contribution in [-0.2, 0) is 6.54 Å². The predicted molar refractivity (Wildman–Crippen MR) is 85.8 cm³/mol. The van der Waals surface area contributed by atoms with Crippen molar-refractivity contribution in [1.29, 1.82) is 5.41 Å². The molecule has 2 aromatic rings. The Morgan fingerprint density at radius 2 is 1.68 bits per heavy atom. The van der Waals surface area contributed by atoms with Crippen molar-refractivity contribution in [2.45, 2.75) is 6.54 Å². The van der Waals surface area contributed by atoms with Crippen molar-refractivity contribution in [3.05, 3.63) is 69.2 Å². The highest BCUT2D eigenvalue weighted by molar-refractivity contribution is 9.10. The van der Waals surface area contributed by atoms with Crippen LogP contribution in [0.3, 0.4) is 0 Å². The van der Waals surface area contributed by atoms with Gasteiger partial charge in [0.25, 0.3) is 11.8 Å². The molecule has 2 amide bonds. The first-order valence-electron chi connectivity index (χ1n) is 6.57. The molecule has 0 bridgehead atoms. The number of nitrogens with two attached hydrogens (primary N) is 1. The van der Waals surface area contributed by atoms with Crippen LogP contribution in [-0.4, -0.2) is 22.5 Å². The fourth-order valence-corrected chi connectivity index (χ4v) is 2.79. The second kappa shape index (κ2) is 5.38. The SMILES string of the molecule is N=C(N)c1ccc(Br)c(CN2C(=O)c3ccccc3C2=O)c1. The molecular weight excluding hydrogens is 346 g/mol. The fourth-order valence-electron chi connectivity index (χ4n) is 2.42. The number of imide groups is 1. The van der Waals surface area contributed by atoms with E-state index in [1.807, 2.05) is 0 Å². The Labute approximate surface area is 135 Å². The maximum absolute atomic E-state index is 12.4. The third kappa shape index (κ3) is 2.31. The molecule has 2 aromatic carbocycles. The first-order chi connectivity index (χ1) is 10.5. The molecule has 6 heteroatoms. The number of benzene rings is 2. The Kier molecular flexibility index (Phi) is 3.54. The molecule has 1 heterocycles. The first kappa shape index (κ1) is 14.5. The van der Waals surface area contributed by atoms with Gasteiger partial charge in [0.1, 0.15) is 5.84 Å². The largest absolute Gasteiger partial charge is 0.384 e. The normalized spacial score (nSPS) is 13.4. The highest BCUT2D eigenvalue weighted by Crippen LogP contribution is 2.27. The fraction of sp³-hybridized carbons (Fsp3) is 0.0625. The summed E-state index contributed by atoms with van der Waals surface area (Å²) in [6.45, 7) is 0.133. The van der Waals surface area contributed by atoms with E-state index in [-0.39, 0.29) is 24.2 Å². The van der Waals surface area contributed by atoms with Gasteiger partial charge in [0.05, 0.1) is 17.7 Å². The van der Waals surface area contributed by atoms with Gasteiger partial charge in [0, 0.05) is 10.0 Å². The number of amidine groups is 1. The number of hydrogen-bond donors (Lipinski definition) is 2. The molecule has 0 aliphatic carbocycles. The Bertz CT molecular complexity index is 782. The van der Waals surface area contributed by atoms with E-state index in [0.717, 1.165) is 10.0 Å². The summed E-state index contributed by atoms with van der Waals surface area (Å²) >= 11 is 3.40. The van der Waals surface area contributed by atoms with Crippen LogP contribution >= 0.6 is 15.9 Å². The van der Waals surface area contributed by atoms with Crippen molar-refractivity contribution in [2.75, 3.05) is 0 Å². The van der Waals surface area contributed by atoms with E-state index in [9.17, 15) is 9.59 Å². The molecule has 0 spiro atoms. The van der Waals surface area contributed by atoms with Crippen molar-refractivity contribution in [3.8, 4) is 0 Å². The van der Waals surface area contributed by atoms with Crippen molar-refractivity contribution in [1.82, 2.24) is 4.90 Å². The van der Waals surface area contributed by atoms with Crippen LogP contribution in [0.15, 0.2) is 46.9 Å². The molecule has 0 fully saturated rings. The van der Waals surface area contributed by atoms with Gasteiger partial charge in [-0.15, -0.1) is 0 Å². The second-order valence-corrected chi connectivity index (χ2v) is 5.82.